The number of aromatic hydroxyl groups is 1. The number of benzene rings is 4. The Morgan fingerprint density at radius 1 is 0.744 bits per heavy atom. The smallest absolute Gasteiger partial charge is 0.339 e. The largest absolute Gasteiger partial charge is 0.507 e. The molecule has 0 saturated carbocycles. The molecule has 0 fully saturated rings. The van der Waals surface area contributed by atoms with E-state index in [9.17, 15) is 15.0 Å². The van der Waals surface area contributed by atoms with E-state index in [1.165, 1.54) is 30.0 Å². The van der Waals surface area contributed by atoms with E-state index in [-0.39, 0.29) is 11.3 Å². The molecule has 2 N–H and O–H groups in total. The minimum atomic E-state index is -1.14. The predicted molar refractivity (Wildman–Crippen MR) is 158 cm³/mol. The number of hydrogen-bond donors (Lipinski definition) is 2. The number of carboxylic acid groups (broad SMARTS) is 1. The number of anilines is 1. The van der Waals surface area contributed by atoms with E-state index in [1.54, 1.807) is 12.1 Å². The van der Waals surface area contributed by atoms with E-state index in [1.807, 2.05) is 30.3 Å². The third-order valence-corrected chi connectivity index (χ3v) is 6.76. The molecule has 0 aliphatic carbocycles. The van der Waals surface area contributed by atoms with Gasteiger partial charge in [0.25, 0.3) is 0 Å². The summed E-state index contributed by atoms with van der Waals surface area (Å²) in [6, 6.07) is 31.8. The summed E-state index contributed by atoms with van der Waals surface area (Å²) in [5.74, 6) is 5.14. The molecule has 0 aliphatic heterocycles. The van der Waals surface area contributed by atoms with Crippen molar-refractivity contribution in [2.75, 3.05) is 11.4 Å². The number of rotatable bonds is 11. The molecule has 39 heavy (non-hydrogen) atoms. The molecule has 0 unspecified atom stereocenters. The lowest BCUT2D eigenvalue weighted by Gasteiger charge is -2.26. The lowest BCUT2D eigenvalue weighted by Crippen LogP contribution is -2.24. The molecule has 4 heteroatoms. The fourth-order valence-electron chi connectivity index (χ4n) is 4.50. The average Bonchev–Trinajstić information content (AvgIpc) is 2.96. The minimum absolute atomic E-state index is 0.0930. The quantitative estimate of drug-likeness (QED) is 0.203. The number of aromatic carboxylic acids is 1. The summed E-state index contributed by atoms with van der Waals surface area (Å²) in [6.45, 7) is 3.57. The Balaban J connectivity index is 1.46. The van der Waals surface area contributed by atoms with Gasteiger partial charge in [-0.05, 0) is 84.8 Å². The van der Waals surface area contributed by atoms with Crippen LogP contribution < -0.4 is 4.90 Å². The van der Waals surface area contributed by atoms with Crippen molar-refractivity contribution in [1.82, 2.24) is 0 Å². The molecule has 0 atom stereocenters. The predicted octanol–water partition coefficient (Wildman–Crippen LogP) is 7.47. The Morgan fingerprint density at radius 2 is 1.33 bits per heavy atom. The summed E-state index contributed by atoms with van der Waals surface area (Å²) in [4.78, 5) is 13.8. The summed E-state index contributed by atoms with van der Waals surface area (Å²) < 4.78 is 0. The topological polar surface area (TPSA) is 60.8 Å². The van der Waals surface area contributed by atoms with Gasteiger partial charge in [0.15, 0.2) is 0 Å². The van der Waals surface area contributed by atoms with Crippen LogP contribution in [0.5, 0.6) is 5.75 Å². The van der Waals surface area contributed by atoms with E-state index in [0.29, 0.717) is 6.54 Å². The molecule has 0 aliphatic rings. The summed E-state index contributed by atoms with van der Waals surface area (Å²) >= 11 is 0. The second kappa shape index (κ2) is 13.9. The van der Waals surface area contributed by atoms with E-state index < -0.39 is 5.97 Å². The summed E-state index contributed by atoms with van der Waals surface area (Å²) in [5.41, 5.74) is 6.35. The van der Waals surface area contributed by atoms with Crippen LogP contribution >= 0.6 is 0 Å². The van der Waals surface area contributed by atoms with E-state index in [2.05, 4.69) is 72.2 Å². The number of carbonyl (C=O) groups is 1. The van der Waals surface area contributed by atoms with Crippen LogP contribution in [-0.2, 0) is 19.4 Å². The van der Waals surface area contributed by atoms with Crippen molar-refractivity contribution in [3.05, 3.63) is 130 Å². The average molecular weight is 518 g/mol. The van der Waals surface area contributed by atoms with Crippen LogP contribution in [0.2, 0.25) is 0 Å². The van der Waals surface area contributed by atoms with Crippen molar-refractivity contribution in [2.45, 2.75) is 45.6 Å². The van der Waals surface area contributed by atoms with Crippen LogP contribution in [0.1, 0.15) is 64.4 Å². The fraction of sp³-hybridized carbons (Fsp3) is 0.229. The molecule has 0 spiro atoms. The lowest BCUT2D eigenvalue weighted by atomic mass is 10.1. The van der Waals surface area contributed by atoms with Gasteiger partial charge < -0.3 is 15.1 Å². The van der Waals surface area contributed by atoms with Gasteiger partial charge in [0, 0.05) is 29.9 Å². The first-order valence-electron chi connectivity index (χ1n) is 13.6. The monoisotopic (exact) mass is 517 g/mol. The Morgan fingerprint density at radius 3 is 1.95 bits per heavy atom. The Labute approximate surface area is 231 Å². The van der Waals surface area contributed by atoms with Gasteiger partial charge in [-0.3, -0.25) is 0 Å². The van der Waals surface area contributed by atoms with Crippen LogP contribution in [0.4, 0.5) is 5.69 Å². The third kappa shape index (κ3) is 8.25. The van der Waals surface area contributed by atoms with Gasteiger partial charge in [0.2, 0.25) is 0 Å². The van der Waals surface area contributed by atoms with Gasteiger partial charge >= 0.3 is 5.97 Å². The molecule has 0 bridgehead atoms. The standard InChI is InChI=1S/C35H35NO3/c1-2-3-8-28-12-14-29(15-13-28)16-17-30-18-20-31(21-19-30)26-36(24-7-11-27-9-5-4-6-10-27)32-22-23-34(37)33(25-32)35(38)39/h4-6,9-10,12-15,18-23,25,37H,2-3,7-8,11,24,26H2,1H3,(H,38,39). The molecule has 4 rings (SSSR count). The summed E-state index contributed by atoms with van der Waals surface area (Å²) in [7, 11) is 0. The molecule has 0 radical (unpaired) electrons. The third-order valence-electron chi connectivity index (χ3n) is 6.76. The molecule has 0 heterocycles. The maximum absolute atomic E-state index is 11.6. The second-order valence-corrected chi connectivity index (χ2v) is 9.76. The molecule has 4 aromatic carbocycles. The van der Waals surface area contributed by atoms with Gasteiger partial charge in [-0.25, -0.2) is 4.79 Å². The maximum Gasteiger partial charge on any atom is 0.339 e. The molecule has 4 aromatic rings. The fourth-order valence-corrected chi connectivity index (χ4v) is 4.50. The number of phenols is 1. The minimum Gasteiger partial charge on any atom is -0.507 e. The first-order chi connectivity index (χ1) is 19.0. The Kier molecular flexibility index (Phi) is 9.80. The Hall–Kier alpha value is -4.49. The van der Waals surface area contributed by atoms with Crippen LogP contribution in [0.15, 0.2) is 97.1 Å². The van der Waals surface area contributed by atoms with Crippen molar-refractivity contribution >= 4 is 11.7 Å². The zero-order valence-electron chi connectivity index (χ0n) is 22.4. The maximum atomic E-state index is 11.6. The van der Waals surface area contributed by atoms with E-state index in [4.69, 9.17) is 0 Å². The SMILES string of the molecule is CCCCc1ccc(C#Cc2ccc(CN(CCCc3ccccc3)c3ccc(O)c(C(=O)O)c3)cc2)cc1. The van der Waals surface area contributed by atoms with Crippen molar-refractivity contribution < 1.29 is 15.0 Å². The molecule has 0 saturated heterocycles. The number of carboxylic acids is 1. The number of hydrogen-bond acceptors (Lipinski definition) is 3. The van der Waals surface area contributed by atoms with Crippen LogP contribution in [0, 0.1) is 11.8 Å². The highest BCUT2D eigenvalue weighted by Crippen LogP contribution is 2.26. The van der Waals surface area contributed by atoms with Crippen molar-refractivity contribution in [3.8, 4) is 17.6 Å². The highest BCUT2D eigenvalue weighted by Gasteiger charge is 2.14. The van der Waals surface area contributed by atoms with Gasteiger partial charge in [0.05, 0.1) is 0 Å². The highest BCUT2D eigenvalue weighted by molar-refractivity contribution is 5.92. The Bertz CT molecular complexity index is 1420. The van der Waals surface area contributed by atoms with Gasteiger partial charge in [-0.2, -0.15) is 0 Å². The number of aryl methyl sites for hydroxylation is 2. The molecular formula is C35H35NO3. The zero-order valence-corrected chi connectivity index (χ0v) is 22.4. The first-order valence-corrected chi connectivity index (χ1v) is 13.6. The number of unbranched alkanes of at least 4 members (excludes halogenated alkanes) is 1. The van der Waals surface area contributed by atoms with Crippen molar-refractivity contribution in [1.29, 1.82) is 0 Å². The summed E-state index contributed by atoms with van der Waals surface area (Å²) in [5, 5.41) is 19.5. The molecule has 198 valence electrons. The van der Waals surface area contributed by atoms with E-state index in [0.717, 1.165) is 48.2 Å². The normalized spacial score (nSPS) is 10.5. The van der Waals surface area contributed by atoms with Crippen molar-refractivity contribution in [3.63, 3.8) is 0 Å². The van der Waals surface area contributed by atoms with Crippen LogP contribution in [-0.4, -0.2) is 22.7 Å². The molecule has 0 aromatic heterocycles. The summed E-state index contributed by atoms with van der Waals surface area (Å²) in [6.07, 6.45) is 5.34. The number of nitrogens with zero attached hydrogens (tertiary/aromatic N) is 1. The van der Waals surface area contributed by atoms with Crippen molar-refractivity contribution in [2.24, 2.45) is 0 Å². The molecule has 4 nitrogen and oxygen atoms in total. The zero-order chi connectivity index (χ0) is 27.5. The molecule has 0 amide bonds. The van der Waals surface area contributed by atoms with Gasteiger partial charge in [-0.15, -0.1) is 0 Å². The molecular weight excluding hydrogens is 482 g/mol. The lowest BCUT2D eigenvalue weighted by molar-refractivity contribution is 0.0693. The van der Waals surface area contributed by atoms with E-state index >= 15 is 0 Å². The highest BCUT2D eigenvalue weighted by atomic mass is 16.4. The second-order valence-electron chi connectivity index (χ2n) is 9.76. The van der Waals surface area contributed by atoms with Gasteiger partial charge in [0.1, 0.15) is 11.3 Å². The van der Waals surface area contributed by atoms with Crippen LogP contribution in [0.25, 0.3) is 0 Å². The first kappa shape index (κ1) is 27.5. The van der Waals surface area contributed by atoms with Crippen LogP contribution in [0.3, 0.4) is 0 Å². The van der Waals surface area contributed by atoms with Gasteiger partial charge in [-0.1, -0.05) is 79.8 Å².